The van der Waals surface area contributed by atoms with Crippen molar-refractivity contribution >= 4 is 29.3 Å². The minimum Gasteiger partial charge on any atom is -0.465 e. The Bertz CT molecular complexity index is 713. The van der Waals surface area contributed by atoms with Crippen LogP contribution in [0.25, 0.3) is 0 Å². The Morgan fingerprint density at radius 2 is 1.85 bits per heavy atom. The second-order valence-electron chi connectivity index (χ2n) is 6.00. The van der Waals surface area contributed by atoms with Crippen LogP contribution < -0.4 is 10.6 Å². The minimum atomic E-state index is -1.15. The van der Waals surface area contributed by atoms with Gasteiger partial charge in [0.15, 0.2) is 0 Å². The maximum absolute atomic E-state index is 11.0. The standard InChI is InChI=1S/C19H22Cl2N2O3/c20-15-7-6-14(16(21)11-15)8-9-22-12-18(24)17(23-19(25)26)10-13-4-2-1-3-5-13/h1-7,11,17-18,22-24H,8-10,12H2,(H,25,26)/t17-,18-/m0/s1. The molecule has 0 fully saturated rings. The molecule has 0 aliphatic rings. The van der Waals surface area contributed by atoms with Crippen molar-refractivity contribution in [3.63, 3.8) is 0 Å². The smallest absolute Gasteiger partial charge is 0.404 e. The van der Waals surface area contributed by atoms with Gasteiger partial charge in [0.05, 0.1) is 12.1 Å². The fourth-order valence-corrected chi connectivity index (χ4v) is 3.15. The lowest BCUT2D eigenvalue weighted by molar-refractivity contribution is 0.118. The van der Waals surface area contributed by atoms with Crippen molar-refractivity contribution in [1.82, 2.24) is 10.6 Å². The van der Waals surface area contributed by atoms with E-state index in [0.29, 0.717) is 29.4 Å². The van der Waals surface area contributed by atoms with Crippen LogP contribution in [0.3, 0.4) is 0 Å². The van der Waals surface area contributed by atoms with Gasteiger partial charge in [0, 0.05) is 16.6 Å². The zero-order valence-corrected chi connectivity index (χ0v) is 15.7. The van der Waals surface area contributed by atoms with Gasteiger partial charge in [-0.3, -0.25) is 0 Å². The van der Waals surface area contributed by atoms with Crippen LogP contribution in [0.1, 0.15) is 11.1 Å². The minimum absolute atomic E-state index is 0.267. The number of hydrogen-bond donors (Lipinski definition) is 4. The molecule has 0 saturated heterocycles. The van der Waals surface area contributed by atoms with E-state index in [4.69, 9.17) is 28.3 Å². The topological polar surface area (TPSA) is 81.6 Å². The lowest BCUT2D eigenvalue weighted by Gasteiger charge is -2.23. The first-order chi connectivity index (χ1) is 12.5. The highest BCUT2D eigenvalue weighted by molar-refractivity contribution is 6.35. The molecule has 4 N–H and O–H groups in total. The quantitative estimate of drug-likeness (QED) is 0.489. The van der Waals surface area contributed by atoms with E-state index in [1.807, 2.05) is 36.4 Å². The molecular formula is C19H22Cl2N2O3. The predicted octanol–water partition coefficient (Wildman–Crippen LogP) is 3.37. The van der Waals surface area contributed by atoms with Gasteiger partial charge in [-0.05, 0) is 42.6 Å². The molecule has 2 atom stereocenters. The Labute approximate surface area is 162 Å². The summed E-state index contributed by atoms with van der Waals surface area (Å²) < 4.78 is 0. The molecule has 2 aromatic carbocycles. The number of amides is 1. The maximum atomic E-state index is 11.0. The van der Waals surface area contributed by atoms with Gasteiger partial charge in [-0.2, -0.15) is 0 Å². The first kappa shape index (κ1) is 20.5. The van der Waals surface area contributed by atoms with E-state index in [-0.39, 0.29) is 6.54 Å². The highest BCUT2D eigenvalue weighted by Crippen LogP contribution is 2.21. The number of aliphatic hydroxyl groups is 1. The Morgan fingerprint density at radius 3 is 2.50 bits per heavy atom. The molecule has 0 heterocycles. The Balaban J connectivity index is 1.84. The first-order valence-corrected chi connectivity index (χ1v) is 9.07. The van der Waals surface area contributed by atoms with Crippen LogP contribution in [-0.2, 0) is 12.8 Å². The highest BCUT2D eigenvalue weighted by atomic mass is 35.5. The fourth-order valence-electron chi connectivity index (χ4n) is 2.65. The number of aliphatic hydroxyl groups excluding tert-OH is 1. The third-order valence-corrected chi connectivity index (χ3v) is 4.60. The summed E-state index contributed by atoms with van der Waals surface area (Å²) in [7, 11) is 0. The molecule has 2 rings (SSSR count). The number of nitrogens with one attached hydrogen (secondary N) is 2. The zero-order valence-electron chi connectivity index (χ0n) is 14.2. The van der Waals surface area contributed by atoms with Gasteiger partial charge in [0.1, 0.15) is 0 Å². The molecule has 0 unspecified atom stereocenters. The maximum Gasteiger partial charge on any atom is 0.404 e. The van der Waals surface area contributed by atoms with Crippen LogP contribution in [0.5, 0.6) is 0 Å². The number of halogens is 2. The molecule has 0 aliphatic heterocycles. The summed E-state index contributed by atoms with van der Waals surface area (Å²) in [5.41, 5.74) is 1.92. The number of carbonyl (C=O) groups is 1. The number of hydrogen-bond acceptors (Lipinski definition) is 3. The van der Waals surface area contributed by atoms with Crippen LogP contribution in [0.4, 0.5) is 4.79 Å². The third kappa shape index (κ3) is 6.84. The predicted molar refractivity (Wildman–Crippen MR) is 104 cm³/mol. The van der Waals surface area contributed by atoms with E-state index >= 15 is 0 Å². The van der Waals surface area contributed by atoms with Crippen LogP contribution in [0, 0.1) is 0 Å². The van der Waals surface area contributed by atoms with Crippen molar-refractivity contribution in [2.24, 2.45) is 0 Å². The largest absolute Gasteiger partial charge is 0.465 e. The van der Waals surface area contributed by atoms with E-state index < -0.39 is 18.2 Å². The number of carboxylic acid groups (broad SMARTS) is 1. The molecule has 140 valence electrons. The van der Waals surface area contributed by atoms with Gasteiger partial charge in [-0.15, -0.1) is 0 Å². The summed E-state index contributed by atoms with van der Waals surface area (Å²) in [6.07, 6.45) is -0.915. The summed E-state index contributed by atoms with van der Waals surface area (Å²) in [5.74, 6) is 0. The van der Waals surface area contributed by atoms with Gasteiger partial charge < -0.3 is 20.8 Å². The monoisotopic (exact) mass is 396 g/mol. The van der Waals surface area contributed by atoms with E-state index in [0.717, 1.165) is 11.1 Å². The Hall–Kier alpha value is -1.79. The molecule has 0 aliphatic carbocycles. The summed E-state index contributed by atoms with van der Waals surface area (Å²) in [4.78, 5) is 11.0. The van der Waals surface area contributed by atoms with Gasteiger partial charge >= 0.3 is 6.09 Å². The van der Waals surface area contributed by atoms with Crippen LogP contribution in [-0.4, -0.2) is 41.5 Å². The lowest BCUT2D eigenvalue weighted by Crippen LogP contribution is -2.48. The van der Waals surface area contributed by atoms with E-state index in [9.17, 15) is 9.90 Å². The molecule has 0 saturated carbocycles. The molecule has 1 amide bonds. The highest BCUT2D eigenvalue weighted by Gasteiger charge is 2.21. The van der Waals surface area contributed by atoms with E-state index in [1.165, 1.54) is 0 Å². The Kier molecular flexibility index (Phi) is 8.19. The first-order valence-electron chi connectivity index (χ1n) is 8.32. The lowest BCUT2D eigenvalue weighted by atomic mass is 10.0. The van der Waals surface area contributed by atoms with Crippen molar-refractivity contribution in [3.8, 4) is 0 Å². The zero-order chi connectivity index (χ0) is 18.9. The molecule has 0 bridgehead atoms. The third-order valence-electron chi connectivity index (χ3n) is 4.01. The second kappa shape index (κ2) is 10.4. The van der Waals surface area contributed by atoms with Crippen molar-refractivity contribution < 1.29 is 15.0 Å². The van der Waals surface area contributed by atoms with E-state index in [1.54, 1.807) is 12.1 Å². The summed E-state index contributed by atoms with van der Waals surface area (Å²) >= 11 is 12.0. The average Bonchev–Trinajstić information content (AvgIpc) is 2.60. The Morgan fingerprint density at radius 1 is 1.12 bits per heavy atom. The van der Waals surface area contributed by atoms with Gasteiger partial charge in [0.2, 0.25) is 0 Å². The normalized spacial score (nSPS) is 13.2. The van der Waals surface area contributed by atoms with Gasteiger partial charge in [0.25, 0.3) is 0 Å². The molecule has 0 radical (unpaired) electrons. The summed E-state index contributed by atoms with van der Waals surface area (Å²) in [5, 5.41) is 26.1. The molecule has 0 aromatic heterocycles. The second-order valence-corrected chi connectivity index (χ2v) is 6.85. The number of benzene rings is 2. The van der Waals surface area contributed by atoms with Crippen molar-refractivity contribution in [1.29, 1.82) is 0 Å². The van der Waals surface area contributed by atoms with Crippen LogP contribution in [0.15, 0.2) is 48.5 Å². The molecular weight excluding hydrogens is 375 g/mol. The molecule has 5 nitrogen and oxygen atoms in total. The van der Waals surface area contributed by atoms with Crippen LogP contribution in [0.2, 0.25) is 10.0 Å². The van der Waals surface area contributed by atoms with Crippen molar-refractivity contribution in [3.05, 3.63) is 69.7 Å². The molecule has 7 heteroatoms. The fraction of sp³-hybridized carbons (Fsp3) is 0.316. The van der Waals surface area contributed by atoms with Gasteiger partial charge in [-0.1, -0.05) is 59.6 Å². The van der Waals surface area contributed by atoms with E-state index in [2.05, 4.69) is 10.6 Å². The van der Waals surface area contributed by atoms with Crippen LogP contribution >= 0.6 is 23.2 Å². The van der Waals surface area contributed by atoms with Crippen molar-refractivity contribution in [2.75, 3.05) is 13.1 Å². The van der Waals surface area contributed by atoms with Gasteiger partial charge in [-0.25, -0.2) is 4.79 Å². The molecule has 0 spiro atoms. The SMILES string of the molecule is O=C(O)N[C@@H](Cc1ccccc1)[C@@H](O)CNCCc1ccc(Cl)cc1Cl. The molecule has 26 heavy (non-hydrogen) atoms. The summed E-state index contributed by atoms with van der Waals surface area (Å²) in [6, 6.07) is 14.2. The number of rotatable bonds is 9. The molecule has 2 aromatic rings. The average molecular weight is 397 g/mol. The van der Waals surface area contributed by atoms with Crippen molar-refractivity contribution in [2.45, 2.75) is 25.0 Å². The summed E-state index contributed by atoms with van der Waals surface area (Å²) in [6.45, 7) is 0.868.